The molecule has 5 nitrogen and oxygen atoms in total. The first-order valence-electron chi connectivity index (χ1n) is 9.52. The van der Waals surface area contributed by atoms with Gasteiger partial charge in [0.05, 0.1) is 0 Å². The molecule has 0 atom stereocenters. The maximum absolute atomic E-state index is 12.8. The molecule has 0 aliphatic heterocycles. The maximum Gasteiger partial charge on any atom is 0.411 e. The molecule has 25 heavy (non-hydrogen) atoms. The Morgan fingerprint density at radius 1 is 1.16 bits per heavy atom. The summed E-state index contributed by atoms with van der Waals surface area (Å²) in [6.45, 7) is 15.8. The van der Waals surface area contributed by atoms with Gasteiger partial charge in [-0.05, 0) is 71.6 Å². The predicted molar refractivity (Wildman–Crippen MR) is 99.6 cm³/mol. The molecule has 0 aromatic heterocycles. The third kappa shape index (κ3) is 4.89. The van der Waals surface area contributed by atoms with E-state index in [0.717, 1.165) is 19.3 Å². The van der Waals surface area contributed by atoms with E-state index in [2.05, 4.69) is 20.8 Å². The normalized spacial score (nSPS) is 24.9. The lowest BCUT2D eigenvalue weighted by Gasteiger charge is -2.49. The van der Waals surface area contributed by atoms with Gasteiger partial charge < -0.3 is 9.84 Å². The van der Waals surface area contributed by atoms with Crippen molar-refractivity contribution in [2.45, 2.75) is 105 Å². The Labute approximate surface area is 153 Å². The van der Waals surface area contributed by atoms with Gasteiger partial charge in [0.2, 0.25) is 0 Å². The summed E-state index contributed by atoms with van der Waals surface area (Å²) in [6.07, 6.45) is 3.13. The number of carboxylic acids is 1. The number of carbonyl (C=O) groups is 2. The molecule has 1 rings (SSSR count). The molecule has 0 bridgehead atoms. The Morgan fingerprint density at radius 3 is 1.96 bits per heavy atom. The average Bonchev–Trinajstić information content (AvgIpc) is 2.45. The summed E-state index contributed by atoms with van der Waals surface area (Å²) in [4.78, 5) is 26.5. The van der Waals surface area contributed by atoms with Crippen molar-refractivity contribution in [1.29, 1.82) is 0 Å². The Balaban J connectivity index is 3.12. The molecule has 1 fully saturated rings. The number of amides is 1. The number of hydrogen-bond donors (Lipinski definition) is 1. The maximum atomic E-state index is 12.8. The van der Waals surface area contributed by atoms with Crippen molar-refractivity contribution in [2.75, 3.05) is 0 Å². The van der Waals surface area contributed by atoms with Crippen LogP contribution in [0.1, 0.15) is 87.5 Å². The molecule has 1 amide bonds. The van der Waals surface area contributed by atoms with Gasteiger partial charge in [0.25, 0.3) is 0 Å². The van der Waals surface area contributed by atoms with E-state index in [1.807, 2.05) is 13.8 Å². The van der Waals surface area contributed by atoms with Crippen molar-refractivity contribution in [3.63, 3.8) is 0 Å². The first-order valence-corrected chi connectivity index (χ1v) is 9.52. The zero-order valence-corrected chi connectivity index (χ0v) is 17.3. The molecule has 1 aliphatic rings. The van der Waals surface area contributed by atoms with Crippen molar-refractivity contribution in [3.05, 3.63) is 0 Å². The fraction of sp³-hybridized carbons (Fsp3) is 0.900. The van der Waals surface area contributed by atoms with Crippen molar-refractivity contribution in [1.82, 2.24) is 4.90 Å². The summed E-state index contributed by atoms with van der Waals surface area (Å²) in [6, 6.07) is -0.235. The molecule has 1 aliphatic carbocycles. The molecule has 1 saturated carbocycles. The van der Waals surface area contributed by atoms with Crippen LogP contribution in [0.5, 0.6) is 0 Å². The smallest absolute Gasteiger partial charge is 0.411 e. The third-order valence-electron chi connectivity index (χ3n) is 5.79. The molecular formula is C20H37NO4. The summed E-state index contributed by atoms with van der Waals surface area (Å²) in [7, 11) is 0. The van der Waals surface area contributed by atoms with Gasteiger partial charge in [0.15, 0.2) is 0 Å². The Kier molecular flexibility index (Phi) is 6.57. The minimum absolute atomic E-state index is 0.194. The third-order valence-corrected chi connectivity index (χ3v) is 5.79. The van der Waals surface area contributed by atoms with E-state index in [4.69, 9.17) is 4.74 Å². The fourth-order valence-electron chi connectivity index (χ4n) is 3.91. The minimum atomic E-state index is -1.17. The first-order chi connectivity index (χ1) is 11.3. The van der Waals surface area contributed by atoms with Gasteiger partial charge in [-0.25, -0.2) is 9.59 Å². The van der Waals surface area contributed by atoms with E-state index in [0.29, 0.717) is 18.8 Å². The van der Waals surface area contributed by atoms with Crippen LogP contribution in [0.3, 0.4) is 0 Å². The summed E-state index contributed by atoms with van der Waals surface area (Å²) >= 11 is 0. The number of hydrogen-bond acceptors (Lipinski definition) is 3. The van der Waals surface area contributed by atoms with Crippen molar-refractivity contribution < 1.29 is 19.4 Å². The van der Waals surface area contributed by atoms with Gasteiger partial charge in [-0.2, -0.15) is 0 Å². The lowest BCUT2D eigenvalue weighted by atomic mass is 9.65. The molecule has 0 spiro atoms. The second kappa shape index (κ2) is 7.55. The number of ether oxygens (including phenoxy) is 1. The standard InChI is InChI=1S/C20H37NO4/c1-9-19(7,8)15-10-12-20(13-11-15,16(22)23)21(14(2)3)17(24)25-18(4,5)6/h14-15H,9-13H2,1-8H3,(H,22,23). The molecule has 0 unspecified atom stereocenters. The summed E-state index contributed by atoms with van der Waals surface area (Å²) < 4.78 is 5.53. The van der Waals surface area contributed by atoms with Gasteiger partial charge >= 0.3 is 12.1 Å². The van der Waals surface area contributed by atoms with Crippen LogP contribution < -0.4 is 0 Å². The van der Waals surface area contributed by atoms with Crippen LogP contribution in [0.25, 0.3) is 0 Å². The van der Waals surface area contributed by atoms with Crippen LogP contribution in [0, 0.1) is 11.3 Å². The highest BCUT2D eigenvalue weighted by atomic mass is 16.6. The number of nitrogens with zero attached hydrogens (tertiary/aromatic N) is 1. The zero-order chi connectivity index (χ0) is 19.6. The van der Waals surface area contributed by atoms with E-state index in [1.54, 1.807) is 20.8 Å². The van der Waals surface area contributed by atoms with E-state index in [1.165, 1.54) is 4.90 Å². The lowest BCUT2D eigenvalue weighted by molar-refractivity contribution is -0.157. The topological polar surface area (TPSA) is 66.8 Å². The summed E-state index contributed by atoms with van der Waals surface area (Å²) in [5, 5.41) is 10.1. The summed E-state index contributed by atoms with van der Waals surface area (Å²) in [5.74, 6) is -0.433. The number of carboxylic acid groups (broad SMARTS) is 1. The Hall–Kier alpha value is -1.26. The highest BCUT2D eigenvalue weighted by Gasteiger charge is 2.52. The predicted octanol–water partition coefficient (Wildman–Crippen LogP) is 5.08. The van der Waals surface area contributed by atoms with Crippen LogP contribution in [-0.2, 0) is 9.53 Å². The molecule has 0 aromatic carbocycles. The van der Waals surface area contributed by atoms with Gasteiger partial charge in [-0.15, -0.1) is 0 Å². The van der Waals surface area contributed by atoms with E-state index in [-0.39, 0.29) is 11.5 Å². The van der Waals surface area contributed by atoms with Gasteiger partial charge in [-0.1, -0.05) is 27.2 Å². The molecule has 0 saturated heterocycles. The highest BCUT2D eigenvalue weighted by Crippen LogP contribution is 2.46. The molecule has 0 radical (unpaired) electrons. The van der Waals surface area contributed by atoms with Crippen molar-refractivity contribution >= 4 is 12.1 Å². The second-order valence-corrected chi connectivity index (χ2v) is 9.40. The number of carbonyl (C=O) groups excluding carboxylic acids is 1. The van der Waals surface area contributed by atoms with E-state index >= 15 is 0 Å². The Bertz CT molecular complexity index is 482. The zero-order valence-electron chi connectivity index (χ0n) is 17.3. The van der Waals surface area contributed by atoms with E-state index in [9.17, 15) is 14.7 Å². The second-order valence-electron chi connectivity index (χ2n) is 9.40. The van der Waals surface area contributed by atoms with Gasteiger partial charge in [-0.3, -0.25) is 4.90 Å². The minimum Gasteiger partial charge on any atom is -0.479 e. The number of rotatable bonds is 5. The quantitative estimate of drug-likeness (QED) is 0.746. The first kappa shape index (κ1) is 21.8. The Morgan fingerprint density at radius 2 is 1.64 bits per heavy atom. The van der Waals surface area contributed by atoms with Crippen molar-refractivity contribution in [3.8, 4) is 0 Å². The van der Waals surface area contributed by atoms with Crippen molar-refractivity contribution in [2.24, 2.45) is 11.3 Å². The van der Waals surface area contributed by atoms with Crippen LogP contribution >= 0.6 is 0 Å². The molecule has 1 N–H and O–H groups in total. The molecule has 0 aromatic rings. The number of aliphatic carboxylic acids is 1. The van der Waals surface area contributed by atoms with E-state index < -0.39 is 23.2 Å². The van der Waals surface area contributed by atoms with Gasteiger partial charge in [0.1, 0.15) is 11.1 Å². The fourth-order valence-corrected chi connectivity index (χ4v) is 3.91. The largest absolute Gasteiger partial charge is 0.479 e. The summed E-state index contributed by atoms with van der Waals surface area (Å²) in [5.41, 5.74) is -1.62. The monoisotopic (exact) mass is 355 g/mol. The molecule has 146 valence electrons. The van der Waals surface area contributed by atoms with Crippen LogP contribution in [0.4, 0.5) is 4.79 Å². The van der Waals surface area contributed by atoms with Crippen LogP contribution in [0.15, 0.2) is 0 Å². The lowest BCUT2D eigenvalue weighted by Crippen LogP contribution is -2.62. The molecule has 0 heterocycles. The molecular weight excluding hydrogens is 318 g/mol. The SMILES string of the molecule is CCC(C)(C)C1CCC(C(=O)O)(N(C(=O)OC(C)(C)C)C(C)C)CC1. The van der Waals surface area contributed by atoms with Crippen LogP contribution in [-0.4, -0.2) is 39.3 Å². The average molecular weight is 356 g/mol. The van der Waals surface area contributed by atoms with Crippen LogP contribution in [0.2, 0.25) is 0 Å². The van der Waals surface area contributed by atoms with Gasteiger partial charge in [0, 0.05) is 6.04 Å². The highest BCUT2D eigenvalue weighted by molar-refractivity contribution is 5.85. The molecule has 5 heteroatoms.